The average molecular weight is 311 g/mol. The Hall–Kier alpha value is -2.03. The lowest BCUT2D eigenvalue weighted by atomic mass is 9.86. The molecule has 1 amide bonds. The first-order chi connectivity index (χ1) is 10.8. The lowest BCUT2D eigenvalue weighted by Gasteiger charge is -2.28. The minimum absolute atomic E-state index is 0.115. The molecule has 2 aliphatic rings. The van der Waals surface area contributed by atoms with Crippen molar-refractivity contribution in [1.29, 1.82) is 0 Å². The lowest BCUT2D eigenvalue weighted by Crippen LogP contribution is -2.46. The van der Waals surface area contributed by atoms with Gasteiger partial charge in [0.05, 0.1) is 12.5 Å². The van der Waals surface area contributed by atoms with Crippen LogP contribution in [0.3, 0.4) is 0 Å². The third-order valence-corrected chi connectivity index (χ3v) is 4.88. The maximum absolute atomic E-state index is 13.1. The lowest BCUT2D eigenvalue weighted by molar-refractivity contribution is -0.127. The molecule has 3 heteroatoms. The van der Waals surface area contributed by atoms with Gasteiger partial charge < -0.3 is 10.1 Å². The molecule has 1 aromatic rings. The van der Waals surface area contributed by atoms with Gasteiger partial charge in [0.15, 0.2) is 0 Å². The molecule has 0 radical (unpaired) electrons. The molecule has 3 nitrogen and oxygen atoms in total. The maximum atomic E-state index is 13.1. The van der Waals surface area contributed by atoms with Crippen LogP contribution in [0.4, 0.5) is 0 Å². The highest BCUT2D eigenvalue weighted by Crippen LogP contribution is 2.71. The second-order valence-electron chi connectivity index (χ2n) is 7.59. The van der Waals surface area contributed by atoms with Crippen LogP contribution in [0.15, 0.2) is 53.8 Å². The van der Waals surface area contributed by atoms with E-state index in [1.165, 1.54) is 5.56 Å². The molecule has 1 saturated carbocycles. The largest absolute Gasteiger partial charge is 0.497 e. The van der Waals surface area contributed by atoms with Crippen molar-refractivity contribution >= 4 is 5.91 Å². The fraction of sp³-hybridized carbons (Fsp3) is 0.450. The summed E-state index contributed by atoms with van der Waals surface area (Å²) in [6.07, 6.45) is 4.11. The van der Waals surface area contributed by atoms with Gasteiger partial charge in [-0.15, -0.1) is 0 Å². The number of fused-ring (bicyclic) bond motifs is 1. The average Bonchev–Trinajstić information content (AvgIpc) is 3.17. The van der Waals surface area contributed by atoms with Gasteiger partial charge in [-0.25, -0.2) is 0 Å². The third kappa shape index (κ3) is 2.48. The molecule has 0 unspecified atom stereocenters. The number of benzene rings is 1. The van der Waals surface area contributed by atoms with E-state index in [0.717, 1.165) is 11.3 Å². The molecule has 0 aliphatic heterocycles. The van der Waals surface area contributed by atoms with Gasteiger partial charge in [0, 0.05) is 17.4 Å². The van der Waals surface area contributed by atoms with Crippen LogP contribution in [0.1, 0.15) is 39.2 Å². The third-order valence-electron chi connectivity index (χ3n) is 4.88. The van der Waals surface area contributed by atoms with E-state index in [1.807, 2.05) is 52.0 Å². The summed E-state index contributed by atoms with van der Waals surface area (Å²) < 4.78 is 5.42. The van der Waals surface area contributed by atoms with Crippen molar-refractivity contribution in [3.05, 3.63) is 59.4 Å². The SMILES string of the molecule is COC1=C[C@@H]2[C@@H](c3ccccc3)[C@]2(C(=O)NC(C)(C)C)C(C)=C1. The second kappa shape index (κ2) is 5.26. The number of hydrogen-bond donors (Lipinski definition) is 1. The highest BCUT2D eigenvalue weighted by atomic mass is 16.5. The van der Waals surface area contributed by atoms with Gasteiger partial charge in [0.2, 0.25) is 5.91 Å². The van der Waals surface area contributed by atoms with Gasteiger partial charge in [-0.3, -0.25) is 4.79 Å². The number of amides is 1. The second-order valence-corrected chi connectivity index (χ2v) is 7.59. The highest BCUT2D eigenvalue weighted by Gasteiger charge is 2.70. The first-order valence-corrected chi connectivity index (χ1v) is 8.13. The molecule has 2 aliphatic carbocycles. The summed E-state index contributed by atoms with van der Waals surface area (Å²) >= 11 is 0. The number of ether oxygens (including phenoxy) is 1. The Morgan fingerprint density at radius 3 is 2.43 bits per heavy atom. The molecule has 1 aromatic carbocycles. The number of nitrogens with one attached hydrogen (secondary N) is 1. The Balaban J connectivity index is 2.03. The Morgan fingerprint density at radius 2 is 1.87 bits per heavy atom. The molecule has 3 rings (SSSR count). The van der Waals surface area contributed by atoms with E-state index in [2.05, 4.69) is 23.5 Å². The molecule has 0 bridgehead atoms. The molecule has 3 atom stereocenters. The first kappa shape index (κ1) is 15.9. The first-order valence-electron chi connectivity index (χ1n) is 8.13. The van der Waals surface area contributed by atoms with Crippen molar-refractivity contribution < 1.29 is 9.53 Å². The van der Waals surface area contributed by atoms with Crippen LogP contribution >= 0.6 is 0 Å². The normalized spacial score (nSPS) is 29.1. The van der Waals surface area contributed by atoms with Crippen LogP contribution in [-0.2, 0) is 9.53 Å². The Morgan fingerprint density at radius 1 is 1.22 bits per heavy atom. The number of carbonyl (C=O) groups excluding carboxylic acids is 1. The van der Waals surface area contributed by atoms with Crippen LogP contribution in [0.25, 0.3) is 0 Å². The predicted molar refractivity (Wildman–Crippen MR) is 91.9 cm³/mol. The quantitative estimate of drug-likeness (QED) is 0.922. The molecule has 0 heterocycles. The summed E-state index contributed by atoms with van der Waals surface area (Å²) in [6, 6.07) is 10.3. The molecule has 0 aromatic heterocycles. The van der Waals surface area contributed by atoms with Crippen molar-refractivity contribution in [3.63, 3.8) is 0 Å². The zero-order valence-electron chi connectivity index (χ0n) is 14.5. The minimum atomic E-state index is -0.476. The highest BCUT2D eigenvalue weighted by molar-refractivity contribution is 5.93. The number of hydrogen-bond acceptors (Lipinski definition) is 2. The van der Waals surface area contributed by atoms with Crippen molar-refractivity contribution in [1.82, 2.24) is 5.32 Å². The van der Waals surface area contributed by atoms with E-state index >= 15 is 0 Å². The molecular formula is C20H25NO2. The summed E-state index contributed by atoms with van der Waals surface area (Å²) in [5.74, 6) is 1.30. The Kier molecular flexibility index (Phi) is 3.62. The van der Waals surface area contributed by atoms with Gasteiger partial charge in [-0.2, -0.15) is 0 Å². The van der Waals surface area contributed by atoms with Gasteiger partial charge in [0.1, 0.15) is 5.76 Å². The van der Waals surface area contributed by atoms with E-state index in [0.29, 0.717) is 0 Å². The van der Waals surface area contributed by atoms with E-state index in [1.54, 1.807) is 7.11 Å². The van der Waals surface area contributed by atoms with Gasteiger partial charge in [-0.1, -0.05) is 35.9 Å². The van der Waals surface area contributed by atoms with Crippen LogP contribution in [0.5, 0.6) is 0 Å². The van der Waals surface area contributed by atoms with Crippen molar-refractivity contribution in [2.75, 3.05) is 7.11 Å². The summed E-state index contributed by atoms with van der Waals surface area (Å²) in [5.41, 5.74) is 1.57. The number of rotatable bonds is 3. The minimum Gasteiger partial charge on any atom is -0.497 e. The number of allylic oxidation sites excluding steroid dienone is 2. The van der Waals surface area contributed by atoms with E-state index in [4.69, 9.17) is 4.74 Å². The van der Waals surface area contributed by atoms with Gasteiger partial charge in [0.25, 0.3) is 0 Å². The van der Waals surface area contributed by atoms with Crippen molar-refractivity contribution in [3.8, 4) is 0 Å². The molecular weight excluding hydrogens is 286 g/mol. The molecule has 1 N–H and O–H groups in total. The zero-order valence-corrected chi connectivity index (χ0v) is 14.5. The summed E-state index contributed by atoms with van der Waals surface area (Å²) in [6.45, 7) is 8.11. The van der Waals surface area contributed by atoms with Crippen LogP contribution < -0.4 is 5.32 Å². The van der Waals surface area contributed by atoms with Crippen molar-refractivity contribution in [2.45, 2.75) is 39.2 Å². The van der Waals surface area contributed by atoms with Crippen LogP contribution in [0.2, 0.25) is 0 Å². The van der Waals surface area contributed by atoms with E-state index in [9.17, 15) is 4.79 Å². The monoisotopic (exact) mass is 311 g/mol. The van der Waals surface area contributed by atoms with Crippen LogP contribution in [0, 0.1) is 11.3 Å². The molecule has 0 saturated heterocycles. The standard InChI is InChI=1S/C20H25NO2/c1-13-11-15(23-5)12-16-17(14-9-7-6-8-10-14)20(13,16)18(22)21-19(2,3)4/h6-12,16-17H,1-5H3,(H,21,22)/t16-,17-,20+/m1/s1. The van der Waals surface area contributed by atoms with Gasteiger partial charge >= 0.3 is 0 Å². The van der Waals surface area contributed by atoms with E-state index in [-0.39, 0.29) is 23.3 Å². The smallest absolute Gasteiger partial charge is 0.231 e. The molecule has 1 fully saturated rings. The molecule has 0 spiro atoms. The summed E-state index contributed by atoms with van der Waals surface area (Å²) in [7, 11) is 1.68. The fourth-order valence-corrected chi connectivity index (χ4v) is 3.88. The topological polar surface area (TPSA) is 38.3 Å². The maximum Gasteiger partial charge on any atom is 0.231 e. The van der Waals surface area contributed by atoms with Crippen molar-refractivity contribution in [2.24, 2.45) is 11.3 Å². The molecule has 122 valence electrons. The summed E-state index contributed by atoms with van der Waals surface area (Å²) in [5, 5.41) is 3.18. The molecule has 23 heavy (non-hydrogen) atoms. The van der Waals surface area contributed by atoms with Gasteiger partial charge in [-0.05, 0) is 45.4 Å². The number of methoxy groups -OCH3 is 1. The fourth-order valence-electron chi connectivity index (χ4n) is 3.88. The predicted octanol–water partition coefficient (Wildman–Crippen LogP) is 3.79. The Labute approximate surface area is 138 Å². The Bertz CT molecular complexity index is 681. The number of carbonyl (C=O) groups is 1. The van der Waals surface area contributed by atoms with E-state index < -0.39 is 5.41 Å². The zero-order chi connectivity index (χ0) is 16.8. The van der Waals surface area contributed by atoms with Crippen LogP contribution in [-0.4, -0.2) is 18.6 Å². The summed E-state index contributed by atoms with van der Waals surface area (Å²) in [4.78, 5) is 13.1.